The lowest BCUT2D eigenvalue weighted by Crippen LogP contribution is -2.54. The van der Waals surface area contributed by atoms with E-state index in [1.54, 1.807) is 0 Å². The molecule has 0 atom stereocenters. The second kappa shape index (κ2) is 8.29. The van der Waals surface area contributed by atoms with Crippen LogP contribution in [0.25, 0.3) is 0 Å². The maximum Gasteiger partial charge on any atom is 0.248 e. The van der Waals surface area contributed by atoms with Crippen LogP contribution in [0.15, 0.2) is 30.3 Å². The lowest BCUT2D eigenvalue weighted by Gasteiger charge is -2.40. The molecule has 1 aromatic carbocycles. The van der Waals surface area contributed by atoms with Crippen molar-refractivity contribution in [3.05, 3.63) is 35.9 Å². The molecule has 0 bridgehead atoms. The second-order valence-electron chi connectivity index (χ2n) is 6.78. The van der Waals surface area contributed by atoms with E-state index in [0.717, 1.165) is 31.5 Å². The number of amides is 1. The first-order valence-electron chi connectivity index (χ1n) is 8.87. The minimum absolute atomic E-state index is 0.0294. The average Bonchev–Trinajstić information content (AvgIpc) is 2.63. The quantitative estimate of drug-likeness (QED) is 0.775. The number of hydrogen-bond acceptors (Lipinski definition) is 5. The van der Waals surface area contributed by atoms with Gasteiger partial charge in [-0.3, -0.25) is 9.69 Å². The Kier molecular flexibility index (Phi) is 6.09. The minimum atomic E-state index is -2.82. The second-order valence-corrected chi connectivity index (χ2v) is 9.08. The van der Waals surface area contributed by atoms with Crippen molar-refractivity contribution in [1.82, 2.24) is 9.80 Å². The molecule has 0 saturated carbocycles. The molecule has 2 aliphatic rings. The lowest BCUT2D eigenvalue weighted by molar-refractivity contribution is -0.138. The Morgan fingerprint density at radius 1 is 1.04 bits per heavy atom. The Hall–Kier alpha value is -1.44. The standard InChI is InChI=1S/C18H26N2O4S/c21-18(15-24-14-16-4-2-1-3-5-16)20-10-8-19(9-11-20)17-6-12-25(22,23)13-7-17/h1-5,17H,6-15H2. The van der Waals surface area contributed by atoms with Gasteiger partial charge in [-0.05, 0) is 18.4 Å². The first-order valence-corrected chi connectivity index (χ1v) is 10.7. The van der Waals surface area contributed by atoms with Gasteiger partial charge in [-0.25, -0.2) is 8.42 Å². The van der Waals surface area contributed by atoms with E-state index in [2.05, 4.69) is 4.90 Å². The van der Waals surface area contributed by atoms with E-state index in [1.807, 2.05) is 35.2 Å². The van der Waals surface area contributed by atoms with Crippen LogP contribution in [0, 0.1) is 0 Å². The van der Waals surface area contributed by atoms with Gasteiger partial charge in [0, 0.05) is 32.2 Å². The van der Waals surface area contributed by atoms with E-state index in [1.165, 1.54) is 0 Å². The molecular formula is C18H26N2O4S. The van der Waals surface area contributed by atoms with Gasteiger partial charge in [0.05, 0.1) is 18.1 Å². The molecule has 2 fully saturated rings. The van der Waals surface area contributed by atoms with Crippen LogP contribution in [0.4, 0.5) is 0 Å². The fourth-order valence-corrected chi connectivity index (χ4v) is 4.97. The van der Waals surface area contributed by atoms with Gasteiger partial charge >= 0.3 is 0 Å². The summed E-state index contributed by atoms with van der Waals surface area (Å²) >= 11 is 0. The summed E-state index contributed by atoms with van der Waals surface area (Å²) in [6, 6.07) is 10.2. The van der Waals surface area contributed by atoms with Gasteiger partial charge in [-0.1, -0.05) is 30.3 Å². The number of piperazine rings is 1. The minimum Gasteiger partial charge on any atom is -0.367 e. The molecule has 138 valence electrons. The normalized spacial score (nSPS) is 22.0. The molecule has 0 radical (unpaired) electrons. The summed E-state index contributed by atoms with van der Waals surface area (Å²) in [5.74, 6) is 0.621. The third kappa shape index (κ3) is 5.26. The van der Waals surface area contributed by atoms with E-state index in [0.29, 0.717) is 37.2 Å². The van der Waals surface area contributed by atoms with Crippen molar-refractivity contribution < 1.29 is 17.9 Å². The number of rotatable bonds is 5. The van der Waals surface area contributed by atoms with Gasteiger partial charge in [0.1, 0.15) is 16.4 Å². The molecule has 7 heteroatoms. The maximum atomic E-state index is 12.3. The van der Waals surface area contributed by atoms with Crippen molar-refractivity contribution >= 4 is 15.7 Å². The third-order valence-corrected chi connectivity index (χ3v) is 6.76. The molecule has 0 aliphatic carbocycles. The molecule has 0 unspecified atom stereocenters. The molecule has 0 aromatic heterocycles. The SMILES string of the molecule is O=C(COCc1ccccc1)N1CCN(C2CCS(=O)(=O)CC2)CC1. The number of carbonyl (C=O) groups is 1. The fraction of sp³-hybridized carbons (Fsp3) is 0.611. The van der Waals surface area contributed by atoms with Crippen LogP contribution in [0.2, 0.25) is 0 Å². The van der Waals surface area contributed by atoms with Crippen molar-refractivity contribution in [2.75, 3.05) is 44.3 Å². The van der Waals surface area contributed by atoms with E-state index >= 15 is 0 Å². The number of benzene rings is 1. The summed E-state index contributed by atoms with van der Waals surface area (Å²) in [5.41, 5.74) is 1.06. The Morgan fingerprint density at radius 2 is 1.68 bits per heavy atom. The smallest absolute Gasteiger partial charge is 0.248 e. The molecular weight excluding hydrogens is 340 g/mol. The number of ether oxygens (including phenoxy) is 1. The van der Waals surface area contributed by atoms with Gasteiger partial charge < -0.3 is 9.64 Å². The summed E-state index contributed by atoms with van der Waals surface area (Å²) in [6.07, 6.45) is 1.44. The first kappa shape index (κ1) is 18.4. The third-order valence-electron chi connectivity index (χ3n) is 5.04. The van der Waals surface area contributed by atoms with Crippen molar-refractivity contribution in [2.24, 2.45) is 0 Å². The van der Waals surface area contributed by atoms with E-state index in [-0.39, 0.29) is 12.5 Å². The molecule has 6 nitrogen and oxygen atoms in total. The van der Waals surface area contributed by atoms with E-state index in [4.69, 9.17) is 4.74 Å². The average molecular weight is 366 g/mol. The molecule has 0 N–H and O–H groups in total. The predicted octanol–water partition coefficient (Wildman–Crippen LogP) is 0.925. The van der Waals surface area contributed by atoms with Crippen LogP contribution in [0.5, 0.6) is 0 Å². The van der Waals surface area contributed by atoms with Crippen LogP contribution in [-0.2, 0) is 26.0 Å². The van der Waals surface area contributed by atoms with Crippen molar-refractivity contribution in [1.29, 1.82) is 0 Å². The zero-order valence-corrected chi connectivity index (χ0v) is 15.3. The summed E-state index contributed by atoms with van der Waals surface area (Å²) in [5, 5.41) is 0. The highest BCUT2D eigenvalue weighted by Crippen LogP contribution is 2.19. The molecule has 1 amide bonds. The van der Waals surface area contributed by atoms with Crippen molar-refractivity contribution in [2.45, 2.75) is 25.5 Å². The fourth-order valence-electron chi connectivity index (χ4n) is 3.50. The number of hydrogen-bond donors (Lipinski definition) is 0. The highest BCUT2D eigenvalue weighted by molar-refractivity contribution is 7.91. The zero-order chi connectivity index (χ0) is 17.7. The molecule has 2 aliphatic heterocycles. The summed E-state index contributed by atoms with van der Waals surface area (Å²) in [4.78, 5) is 16.4. The molecule has 1 aromatic rings. The van der Waals surface area contributed by atoms with Crippen LogP contribution in [-0.4, -0.2) is 74.5 Å². The Bertz CT molecular complexity index is 656. The molecule has 25 heavy (non-hydrogen) atoms. The summed E-state index contributed by atoms with van der Waals surface area (Å²) in [6.45, 7) is 3.57. The lowest BCUT2D eigenvalue weighted by atomic mass is 10.1. The Balaban J connectivity index is 1.37. The topological polar surface area (TPSA) is 66.9 Å². The van der Waals surface area contributed by atoms with Crippen LogP contribution in [0.3, 0.4) is 0 Å². The molecule has 0 spiro atoms. The van der Waals surface area contributed by atoms with Crippen molar-refractivity contribution in [3.8, 4) is 0 Å². The Labute approximate surface area is 149 Å². The predicted molar refractivity (Wildman–Crippen MR) is 95.9 cm³/mol. The van der Waals surface area contributed by atoms with Gasteiger partial charge in [-0.2, -0.15) is 0 Å². The monoisotopic (exact) mass is 366 g/mol. The van der Waals surface area contributed by atoms with Crippen LogP contribution < -0.4 is 0 Å². The van der Waals surface area contributed by atoms with Crippen LogP contribution in [0.1, 0.15) is 18.4 Å². The van der Waals surface area contributed by atoms with Gasteiger partial charge in [0.2, 0.25) is 5.91 Å². The highest BCUT2D eigenvalue weighted by atomic mass is 32.2. The van der Waals surface area contributed by atoms with Gasteiger partial charge in [0.25, 0.3) is 0 Å². The molecule has 3 rings (SSSR count). The van der Waals surface area contributed by atoms with E-state index in [9.17, 15) is 13.2 Å². The van der Waals surface area contributed by atoms with Crippen molar-refractivity contribution in [3.63, 3.8) is 0 Å². The van der Waals surface area contributed by atoms with Gasteiger partial charge in [0.15, 0.2) is 0 Å². The molecule has 2 heterocycles. The largest absolute Gasteiger partial charge is 0.367 e. The number of carbonyl (C=O) groups excluding carboxylic acids is 1. The molecule has 2 saturated heterocycles. The highest BCUT2D eigenvalue weighted by Gasteiger charge is 2.30. The summed E-state index contributed by atoms with van der Waals surface area (Å²) in [7, 11) is -2.82. The maximum absolute atomic E-state index is 12.3. The summed E-state index contributed by atoms with van der Waals surface area (Å²) < 4.78 is 28.6. The Morgan fingerprint density at radius 3 is 2.32 bits per heavy atom. The number of sulfone groups is 1. The zero-order valence-electron chi connectivity index (χ0n) is 14.5. The van der Waals surface area contributed by atoms with Crippen LogP contribution >= 0.6 is 0 Å². The first-order chi connectivity index (χ1) is 12.0. The van der Waals surface area contributed by atoms with Gasteiger partial charge in [-0.15, -0.1) is 0 Å². The number of nitrogens with zero attached hydrogens (tertiary/aromatic N) is 2. The van der Waals surface area contributed by atoms with E-state index < -0.39 is 9.84 Å².